The highest BCUT2D eigenvalue weighted by molar-refractivity contribution is 5.92. The maximum atomic E-state index is 12.7. The number of likely N-dealkylation sites (tertiary alicyclic amines) is 1. The van der Waals surface area contributed by atoms with Gasteiger partial charge in [0.2, 0.25) is 5.91 Å². The second-order valence-corrected chi connectivity index (χ2v) is 4.81. The summed E-state index contributed by atoms with van der Waals surface area (Å²) in [6.45, 7) is 0.588. The first-order valence-corrected chi connectivity index (χ1v) is 6.52. The molecular weight excluding hydrogens is 261 g/mol. The van der Waals surface area contributed by atoms with Crippen LogP contribution < -0.4 is 0 Å². The minimum absolute atomic E-state index is 0.0177. The number of hydrogen-bond acceptors (Lipinski definition) is 2. The van der Waals surface area contributed by atoms with Crippen molar-refractivity contribution in [3.8, 4) is 0 Å². The second kappa shape index (κ2) is 6.32. The molecule has 1 heterocycles. The minimum Gasteiger partial charge on any atom is -0.481 e. The molecule has 1 aromatic rings. The van der Waals surface area contributed by atoms with E-state index in [2.05, 4.69) is 0 Å². The van der Waals surface area contributed by atoms with Crippen LogP contribution in [0, 0.1) is 5.82 Å². The molecule has 4 nitrogen and oxygen atoms in total. The number of aliphatic carboxylic acids is 1. The van der Waals surface area contributed by atoms with Crippen LogP contribution >= 0.6 is 0 Å². The first-order chi connectivity index (χ1) is 9.56. The molecule has 0 spiro atoms. The number of benzene rings is 1. The molecule has 1 atom stereocenters. The Bertz CT molecular complexity index is 524. The van der Waals surface area contributed by atoms with Crippen molar-refractivity contribution in [3.05, 3.63) is 41.7 Å². The monoisotopic (exact) mass is 277 g/mol. The molecule has 1 amide bonds. The van der Waals surface area contributed by atoms with E-state index in [1.54, 1.807) is 23.1 Å². The largest absolute Gasteiger partial charge is 0.481 e. The van der Waals surface area contributed by atoms with Crippen molar-refractivity contribution in [2.45, 2.75) is 25.3 Å². The lowest BCUT2D eigenvalue weighted by Crippen LogP contribution is -2.35. The number of halogens is 1. The molecule has 0 radical (unpaired) electrons. The van der Waals surface area contributed by atoms with Crippen molar-refractivity contribution in [3.63, 3.8) is 0 Å². The summed E-state index contributed by atoms with van der Waals surface area (Å²) in [4.78, 5) is 24.4. The van der Waals surface area contributed by atoms with Crippen LogP contribution in [0.5, 0.6) is 0 Å². The normalized spacial score (nSPS) is 18.6. The highest BCUT2D eigenvalue weighted by Gasteiger charge is 2.28. The highest BCUT2D eigenvalue weighted by atomic mass is 19.1. The molecule has 1 saturated heterocycles. The minimum atomic E-state index is -0.891. The van der Waals surface area contributed by atoms with Crippen molar-refractivity contribution >= 4 is 18.0 Å². The Morgan fingerprint density at radius 1 is 1.35 bits per heavy atom. The number of nitrogens with zero attached hydrogens (tertiary/aromatic N) is 1. The fourth-order valence-electron chi connectivity index (χ4n) is 2.38. The van der Waals surface area contributed by atoms with Crippen LogP contribution in [0.2, 0.25) is 0 Å². The molecule has 1 fully saturated rings. The summed E-state index contributed by atoms with van der Waals surface area (Å²) >= 11 is 0. The molecule has 1 aliphatic heterocycles. The number of carboxylic acid groups (broad SMARTS) is 1. The molecule has 0 aromatic heterocycles. The summed E-state index contributed by atoms with van der Waals surface area (Å²) in [5.74, 6) is -1.41. The summed E-state index contributed by atoms with van der Waals surface area (Å²) in [6, 6.07) is 5.59. The smallest absolute Gasteiger partial charge is 0.305 e. The standard InChI is InChI=1S/C15H16FNO3/c16-12-6-3-11(4-7-12)5-8-14(18)17-9-1-2-13(17)10-15(19)20/h3-8,13H,1-2,9-10H2,(H,19,20)/b8-5+. The zero-order valence-corrected chi connectivity index (χ0v) is 11.0. The molecule has 20 heavy (non-hydrogen) atoms. The van der Waals surface area contributed by atoms with Gasteiger partial charge in [0.1, 0.15) is 5.82 Å². The average molecular weight is 277 g/mol. The number of rotatable bonds is 4. The third kappa shape index (κ3) is 3.66. The molecule has 2 rings (SSSR count). The summed E-state index contributed by atoms with van der Waals surface area (Å²) in [7, 11) is 0. The lowest BCUT2D eigenvalue weighted by molar-refractivity contribution is -0.139. The maximum absolute atomic E-state index is 12.7. The maximum Gasteiger partial charge on any atom is 0.305 e. The average Bonchev–Trinajstić information content (AvgIpc) is 2.85. The summed E-state index contributed by atoms with van der Waals surface area (Å²) in [5.41, 5.74) is 0.730. The lowest BCUT2D eigenvalue weighted by atomic mass is 10.1. The van der Waals surface area contributed by atoms with Gasteiger partial charge in [-0.2, -0.15) is 0 Å². The van der Waals surface area contributed by atoms with Crippen LogP contribution in [0.15, 0.2) is 30.3 Å². The Morgan fingerprint density at radius 2 is 2.05 bits per heavy atom. The van der Waals surface area contributed by atoms with E-state index < -0.39 is 5.97 Å². The van der Waals surface area contributed by atoms with Crippen LogP contribution in [0.4, 0.5) is 4.39 Å². The fourth-order valence-corrected chi connectivity index (χ4v) is 2.38. The molecule has 1 aromatic carbocycles. The van der Waals surface area contributed by atoms with Gasteiger partial charge in [-0.15, -0.1) is 0 Å². The molecule has 0 saturated carbocycles. The molecule has 1 N–H and O–H groups in total. The van der Waals surface area contributed by atoms with E-state index in [1.165, 1.54) is 18.2 Å². The van der Waals surface area contributed by atoms with Crippen molar-refractivity contribution in [1.82, 2.24) is 4.90 Å². The van der Waals surface area contributed by atoms with Gasteiger partial charge in [0, 0.05) is 18.7 Å². The Hall–Kier alpha value is -2.17. The van der Waals surface area contributed by atoms with Gasteiger partial charge in [-0.1, -0.05) is 12.1 Å². The Balaban J connectivity index is 2.00. The van der Waals surface area contributed by atoms with Gasteiger partial charge in [0.25, 0.3) is 0 Å². The van der Waals surface area contributed by atoms with Crippen LogP contribution in [-0.4, -0.2) is 34.5 Å². The number of carbonyl (C=O) groups is 2. The van der Waals surface area contributed by atoms with Gasteiger partial charge in [-0.25, -0.2) is 4.39 Å². The van der Waals surface area contributed by atoms with E-state index in [9.17, 15) is 14.0 Å². The van der Waals surface area contributed by atoms with Crippen LogP contribution in [0.1, 0.15) is 24.8 Å². The number of hydrogen-bond donors (Lipinski definition) is 1. The molecule has 5 heteroatoms. The van der Waals surface area contributed by atoms with Crippen molar-refractivity contribution in [1.29, 1.82) is 0 Å². The third-order valence-corrected chi connectivity index (χ3v) is 3.36. The predicted octanol–water partition coefficient (Wildman–Crippen LogP) is 2.30. The summed E-state index contributed by atoms with van der Waals surface area (Å²) in [6.07, 6.45) is 4.55. The van der Waals surface area contributed by atoms with E-state index in [0.29, 0.717) is 6.54 Å². The van der Waals surface area contributed by atoms with E-state index in [-0.39, 0.29) is 24.2 Å². The number of carboxylic acids is 1. The quantitative estimate of drug-likeness (QED) is 0.859. The van der Waals surface area contributed by atoms with Gasteiger partial charge in [0.05, 0.1) is 6.42 Å². The second-order valence-electron chi connectivity index (χ2n) is 4.81. The number of carbonyl (C=O) groups excluding carboxylic acids is 1. The lowest BCUT2D eigenvalue weighted by Gasteiger charge is -2.21. The Labute approximate surface area is 116 Å². The van der Waals surface area contributed by atoms with Gasteiger partial charge in [0.15, 0.2) is 0 Å². The van der Waals surface area contributed by atoms with Gasteiger partial charge < -0.3 is 10.0 Å². The molecule has 106 valence electrons. The van der Waals surface area contributed by atoms with Gasteiger partial charge in [-0.05, 0) is 36.6 Å². The van der Waals surface area contributed by atoms with E-state index in [0.717, 1.165) is 18.4 Å². The number of amides is 1. The van der Waals surface area contributed by atoms with Crippen molar-refractivity contribution in [2.75, 3.05) is 6.54 Å². The molecular formula is C15H16FNO3. The van der Waals surface area contributed by atoms with Crippen molar-refractivity contribution < 1.29 is 19.1 Å². The predicted molar refractivity (Wildman–Crippen MR) is 72.4 cm³/mol. The van der Waals surface area contributed by atoms with Gasteiger partial charge >= 0.3 is 5.97 Å². The Morgan fingerprint density at radius 3 is 2.70 bits per heavy atom. The molecule has 0 bridgehead atoms. The SMILES string of the molecule is O=C(O)CC1CCCN1C(=O)/C=C/c1ccc(F)cc1. The Kier molecular flexibility index (Phi) is 4.50. The van der Waals surface area contributed by atoms with E-state index >= 15 is 0 Å². The van der Waals surface area contributed by atoms with E-state index in [4.69, 9.17) is 5.11 Å². The molecule has 1 aliphatic rings. The summed E-state index contributed by atoms with van der Waals surface area (Å²) in [5, 5.41) is 8.82. The molecule has 0 aliphatic carbocycles. The first-order valence-electron chi connectivity index (χ1n) is 6.52. The molecule has 1 unspecified atom stereocenters. The topological polar surface area (TPSA) is 57.6 Å². The van der Waals surface area contributed by atoms with Gasteiger partial charge in [-0.3, -0.25) is 9.59 Å². The zero-order valence-electron chi connectivity index (χ0n) is 11.0. The van der Waals surface area contributed by atoms with Crippen LogP contribution in [0.25, 0.3) is 6.08 Å². The van der Waals surface area contributed by atoms with Crippen molar-refractivity contribution in [2.24, 2.45) is 0 Å². The zero-order chi connectivity index (χ0) is 14.5. The summed E-state index contributed by atoms with van der Waals surface area (Å²) < 4.78 is 12.7. The fraction of sp³-hybridized carbons (Fsp3) is 0.333. The van der Waals surface area contributed by atoms with Crippen LogP contribution in [0.3, 0.4) is 0 Å². The first kappa shape index (κ1) is 14.2. The van der Waals surface area contributed by atoms with Crippen LogP contribution in [-0.2, 0) is 9.59 Å². The van der Waals surface area contributed by atoms with E-state index in [1.807, 2.05) is 0 Å². The third-order valence-electron chi connectivity index (χ3n) is 3.36. The highest BCUT2D eigenvalue weighted by Crippen LogP contribution is 2.20.